The van der Waals surface area contributed by atoms with E-state index < -0.39 is 5.97 Å². The summed E-state index contributed by atoms with van der Waals surface area (Å²) < 4.78 is 5.12. The van der Waals surface area contributed by atoms with Gasteiger partial charge in [0.05, 0.1) is 11.7 Å². The second-order valence-electron chi connectivity index (χ2n) is 5.74. The first-order valence-corrected chi connectivity index (χ1v) is 8.87. The number of carbonyl (C=O) groups is 2. The zero-order chi connectivity index (χ0) is 18.5. The van der Waals surface area contributed by atoms with Crippen LogP contribution in [0.15, 0.2) is 41.1 Å². The number of aromatic nitrogens is 4. The van der Waals surface area contributed by atoms with Gasteiger partial charge in [-0.15, -0.1) is 10.2 Å². The fourth-order valence-corrected chi connectivity index (χ4v) is 2.75. The van der Waals surface area contributed by atoms with Gasteiger partial charge in [-0.2, -0.15) is 16.1 Å². The third-order valence-corrected chi connectivity index (χ3v) is 3.95. The van der Waals surface area contributed by atoms with Crippen molar-refractivity contribution in [1.29, 1.82) is 0 Å². The highest BCUT2D eigenvalue weighted by atomic mass is 32.1. The van der Waals surface area contributed by atoms with Crippen LogP contribution in [0.4, 0.5) is 5.69 Å². The quantitative estimate of drug-likeness (QED) is 0.669. The lowest BCUT2D eigenvalue weighted by Gasteiger charge is -2.09. The Hall–Kier alpha value is -3.07. The molecule has 0 fully saturated rings. The van der Waals surface area contributed by atoms with Crippen molar-refractivity contribution in [3.8, 4) is 11.4 Å². The molecule has 0 radical (unpaired) electrons. The number of nitrogens with one attached hydrogen (secondary N) is 1. The second-order valence-corrected chi connectivity index (χ2v) is 6.52. The lowest BCUT2D eigenvalue weighted by molar-refractivity contribution is -0.117. The Labute approximate surface area is 153 Å². The number of esters is 1. The van der Waals surface area contributed by atoms with Crippen molar-refractivity contribution in [3.05, 3.63) is 46.7 Å². The van der Waals surface area contributed by atoms with E-state index in [9.17, 15) is 9.59 Å². The minimum Gasteiger partial charge on any atom is -0.459 e. The summed E-state index contributed by atoms with van der Waals surface area (Å²) >= 11 is 1.54. The molecule has 9 heteroatoms. The molecule has 0 atom stereocenters. The van der Waals surface area contributed by atoms with Gasteiger partial charge in [-0.1, -0.05) is 0 Å². The largest absolute Gasteiger partial charge is 0.459 e. The van der Waals surface area contributed by atoms with Gasteiger partial charge in [0.2, 0.25) is 11.7 Å². The van der Waals surface area contributed by atoms with E-state index in [1.165, 1.54) is 16.1 Å². The van der Waals surface area contributed by atoms with E-state index in [1.807, 2.05) is 16.8 Å². The van der Waals surface area contributed by atoms with Crippen molar-refractivity contribution in [1.82, 2.24) is 20.2 Å². The van der Waals surface area contributed by atoms with Crippen molar-refractivity contribution >= 4 is 28.9 Å². The molecular formula is C17H17N5O3S. The van der Waals surface area contributed by atoms with Crippen LogP contribution < -0.4 is 5.32 Å². The summed E-state index contributed by atoms with van der Waals surface area (Å²) in [6.07, 6.45) is -0.184. The fraction of sp³-hybridized carbons (Fsp3) is 0.235. The summed E-state index contributed by atoms with van der Waals surface area (Å²) in [4.78, 5) is 25.1. The van der Waals surface area contributed by atoms with Gasteiger partial charge in [0.1, 0.15) is 6.54 Å². The molecule has 0 aliphatic carbocycles. The van der Waals surface area contributed by atoms with Crippen LogP contribution in [0.5, 0.6) is 0 Å². The van der Waals surface area contributed by atoms with Crippen LogP contribution in [0.25, 0.3) is 11.4 Å². The van der Waals surface area contributed by atoms with Crippen molar-refractivity contribution in [3.63, 3.8) is 0 Å². The molecule has 0 saturated heterocycles. The van der Waals surface area contributed by atoms with Crippen LogP contribution in [0, 0.1) is 0 Å². The number of hydrogen-bond acceptors (Lipinski definition) is 7. The number of nitrogens with zero attached hydrogens (tertiary/aromatic N) is 4. The minimum absolute atomic E-state index is 0.0612. The third kappa shape index (κ3) is 4.51. The zero-order valence-corrected chi connectivity index (χ0v) is 15.1. The van der Waals surface area contributed by atoms with Gasteiger partial charge in [-0.3, -0.25) is 4.79 Å². The maximum absolute atomic E-state index is 12.1. The van der Waals surface area contributed by atoms with Gasteiger partial charge in [0.15, 0.2) is 0 Å². The number of benzene rings is 1. The van der Waals surface area contributed by atoms with Gasteiger partial charge in [-0.05, 0) is 54.8 Å². The molecule has 0 aliphatic heterocycles. The molecule has 0 bridgehead atoms. The topological polar surface area (TPSA) is 99.0 Å². The Morgan fingerprint density at radius 3 is 2.65 bits per heavy atom. The molecule has 1 amide bonds. The molecule has 0 unspecified atom stereocenters. The van der Waals surface area contributed by atoms with Gasteiger partial charge in [-0.25, -0.2) is 4.79 Å². The normalized spacial score (nSPS) is 10.7. The Morgan fingerprint density at radius 1 is 1.23 bits per heavy atom. The SMILES string of the molecule is CC(C)OC(=O)c1ccc(NC(=O)Cn2nnc(-c3ccsc3)n2)cc1. The Balaban J connectivity index is 1.57. The molecule has 2 heterocycles. The summed E-state index contributed by atoms with van der Waals surface area (Å²) in [6.45, 7) is 3.51. The number of thiophene rings is 1. The van der Waals surface area contributed by atoms with Crippen LogP contribution >= 0.6 is 11.3 Å². The molecule has 1 N–H and O–H groups in total. The summed E-state index contributed by atoms with van der Waals surface area (Å²) in [7, 11) is 0. The Morgan fingerprint density at radius 2 is 2.00 bits per heavy atom. The van der Waals surface area contributed by atoms with E-state index in [1.54, 1.807) is 38.1 Å². The molecule has 2 aromatic heterocycles. The maximum atomic E-state index is 12.1. The monoisotopic (exact) mass is 371 g/mol. The van der Waals surface area contributed by atoms with Gasteiger partial charge < -0.3 is 10.1 Å². The van der Waals surface area contributed by atoms with Crippen molar-refractivity contribution in [2.45, 2.75) is 26.5 Å². The van der Waals surface area contributed by atoms with Crippen LogP contribution in [-0.2, 0) is 16.1 Å². The molecule has 26 heavy (non-hydrogen) atoms. The van der Waals surface area contributed by atoms with E-state index in [0.29, 0.717) is 17.1 Å². The smallest absolute Gasteiger partial charge is 0.338 e. The van der Waals surface area contributed by atoms with Crippen molar-refractivity contribution in [2.75, 3.05) is 5.32 Å². The lowest BCUT2D eigenvalue weighted by Crippen LogP contribution is -2.20. The molecule has 134 valence electrons. The van der Waals surface area contributed by atoms with Crippen LogP contribution in [0.1, 0.15) is 24.2 Å². The maximum Gasteiger partial charge on any atom is 0.338 e. The number of tetrazole rings is 1. The van der Waals surface area contributed by atoms with Crippen LogP contribution in [0.2, 0.25) is 0 Å². The number of ether oxygens (including phenoxy) is 1. The summed E-state index contributed by atoms with van der Waals surface area (Å²) in [6, 6.07) is 8.37. The molecule has 0 spiro atoms. The predicted octanol–water partition coefficient (Wildman–Crippen LogP) is 2.61. The molecular weight excluding hydrogens is 354 g/mol. The fourth-order valence-electron chi connectivity index (χ4n) is 2.12. The summed E-state index contributed by atoms with van der Waals surface area (Å²) in [5.74, 6) is -0.213. The van der Waals surface area contributed by atoms with Crippen LogP contribution in [-0.4, -0.2) is 38.2 Å². The summed E-state index contributed by atoms with van der Waals surface area (Å²) in [5, 5.41) is 18.5. The van der Waals surface area contributed by atoms with E-state index >= 15 is 0 Å². The van der Waals surface area contributed by atoms with E-state index in [4.69, 9.17) is 4.74 Å². The number of hydrogen-bond donors (Lipinski definition) is 1. The third-order valence-electron chi connectivity index (χ3n) is 3.26. The minimum atomic E-state index is -0.398. The van der Waals surface area contributed by atoms with E-state index in [-0.39, 0.29) is 18.6 Å². The first-order chi connectivity index (χ1) is 12.5. The van der Waals surface area contributed by atoms with E-state index in [0.717, 1.165) is 5.56 Å². The first kappa shape index (κ1) is 17.7. The standard InChI is InChI=1S/C17H17N5O3S/c1-11(2)25-17(24)12-3-5-14(6-4-12)18-15(23)9-22-20-16(19-21-22)13-7-8-26-10-13/h3-8,10-11H,9H2,1-2H3,(H,18,23). The van der Waals surface area contributed by atoms with Gasteiger partial charge >= 0.3 is 5.97 Å². The highest BCUT2D eigenvalue weighted by molar-refractivity contribution is 7.08. The molecule has 0 saturated carbocycles. The highest BCUT2D eigenvalue weighted by Gasteiger charge is 2.11. The highest BCUT2D eigenvalue weighted by Crippen LogP contribution is 2.16. The molecule has 3 aromatic rings. The average Bonchev–Trinajstić information content (AvgIpc) is 3.26. The molecule has 8 nitrogen and oxygen atoms in total. The molecule has 0 aliphatic rings. The van der Waals surface area contributed by atoms with Crippen molar-refractivity contribution in [2.24, 2.45) is 0 Å². The van der Waals surface area contributed by atoms with Crippen molar-refractivity contribution < 1.29 is 14.3 Å². The molecule has 1 aromatic carbocycles. The Bertz CT molecular complexity index is 888. The Kier molecular flexibility index (Phi) is 5.37. The second kappa shape index (κ2) is 7.87. The summed E-state index contributed by atoms with van der Waals surface area (Å²) in [5.41, 5.74) is 1.86. The zero-order valence-electron chi connectivity index (χ0n) is 14.2. The number of carbonyl (C=O) groups excluding carboxylic acids is 2. The van der Waals surface area contributed by atoms with Gasteiger partial charge in [0.25, 0.3) is 0 Å². The molecule has 3 rings (SSSR count). The number of rotatable bonds is 6. The first-order valence-electron chi connectivity index (χ1n) is 7.92. The van der Waals surface area contributed by atoms with Gasteiger partial charge in [0, 0.05) is 16.6 Å². The number of amides is 1. The van der Waals surface area contributed by atoms with E-state index in [2.05, 4.69) is 20.7 Å². The number of anilines is 1. The average molecular weight is 371 g/mol. The van der Waals surface area contributed by atoms with Crippen LogP contribution in [0.3, 0.4) is 0 Å². The lowest BCUT2D eigenvalue weighted by atomic mass is 10.2. The predicted molar refractivity (Wildman–Crippen MR) is 96.8 cm³/mol.